The van der Waals surface area contributed by atoms with Gasteiger partial charge in [0.2, 0.25) is 5.91 Å². The number of rotatable bonds is 12. The van der Waals surface area contributed by atoms with E-state index in [2.05, 4.69) is 20.5 Å². The molecule has 2 unspecified atom stereocenters. The van der Waals surface area contributed by atoms with E-state index in [4.69, 9.17) is 13.9 Å². The fraction of sp³-hybridized carbons (Fsp3) is 0.568. The summed E-state index contributed by atoms with van der Waals surface area (Å²) >= 11 is 0. The van der Waals surface area contributed by atoms with Crippen molar-refractivity contribution in [2.24, 2.45) is 5.92 Å². The number of carbonyl (C=O) groups is 3. The standard InChI is InChI=1S/C37H52N6O9S/c1-25(2)21-29(34(45)39-28-9-8-14-43(24-30(28)44)53(48,49)33-10-6-7-13-38-33)40-35(46)32-23-26-22-27(11-12-31(26)51-32)50-20-19-41-15-17-42(18-16-41)36(47)52-37(3,4)5/h6-7,10-13,22-23,25,28-30,44H,8-9,14-21,24H2,1-5H3,(H,39,45)(H,40,46)/t28?,29-,30?/m0/s1. The van der Waals surface area contributed by atoms with Crippen LogP contribution in [0.1, 0.15) is 64.4 Å². The first-order valence-electron chi connectivity index (χ1n) is 18.2. The molecule has 5 rings (SSSR count). The summed E-state index contributed by atoms with van der Waals surface area (Å²) in [6, 6.07) is 9.85. The lowest BCUT2D eigenvalue weighted by Crippen LogP contribution is -2.54. The first-order chi connectivity index (χ1) is 25.1. The number of amides is 3. The SMILES string of the molecule is CC(C)C[C@H](NC(=O)c1cc2cc(OCCN3CCN(C(=O)OC(C)(C)C)CC3)ccc2o1)C(=O)NC1CCCN(S(=O)(=O)c2ccccn2)CC1O. The second-order valence-electron chi connectivity index (χ2n) is 15.0. The minimum Gasteiger partial charge on any atom is -0.492 e. The van der Waals surface area contributed by atoms with Crippen molar-refractivity contribution in [1.82, 2.24) is 29.7 Å². The maximum Gasteiger partial charge on any atom is 0.410 e. The van der Waals surface area contributed by atoms with Gasteiger partial charge in [0, 0.05) is 57.4 Å². The van der Waals surface area contributed by atoms with Crippen LogP contribution in [0.3, 0.4) is 0 Å². The van der Waals surface area contributed by atoms with Gasteiger partial charge in [0.1, 0.15) is 29.6 Å². The zero-order chi connectivity index (χ0) is 38.3. The van der Waals surface area contributed by atoms with Crippen LogP contribution >= 0.6 is 0 Å². The van der Waals surface area contributed by atoms with E-state index in [1.54, 1.807) is 41.3 Å². The molecular weight excluding hydrogens is 705 g/mol. The first-order valence-corrected chi connectivity index (χ1v) is 19.6. The summed E-state index contributed by atoms with van der Waals surface area (Å²) < 4.78 is 44.8. The number of nitrogens with one attached hydrogen (secondary N) is 2. The largest absolute Gasteiger partial charge is 0.492 e. The topological polar surface area (TPSA) is 184 Å². The van der Waals surface area contributed by atoms with Crippen LogP contribution in [0.15, 0.2) is 58.1 Å². The van der Waals surface area contributed by atoms with E-state index < -0.39 is 45.6 Å². The number of carbonyl (C=O) groups excluding carboxylic acids is 3. The average molecular weight is 757 g/mol. The number of furan rings is 1. The molecule has 2 saturated heterocycles. The van der Waals surface area contributed by atoms with Crippen LogP contribution in [0.25, 0.3) is 11.0 Å². The summed E-state index contributed by atoms with van der Waals surface area (Å²) in [6.07, 6.45) is 1.02. The third-order valence-electron chi connectivity index (χ3n) is 9.09. The van der Waals surface area contributed by atoms with Crippen molar-refractivity contribution >= 4 is 38.9 Å². The number of fused-ring (bicyclic) bond motifs is 1. The number of ether oxygens (including phenoxy) is 2. The number of benzene rings is 1. The molecule has 2 fully saturated rings. The second kappa shape index (κ2) is 17.3. The summed E-state index contributed by atoms with van der Waals surface area (Å²) in [7, 11) is -3.92. The molecule has 15 nitrogen and oxygen atoms in total. The number of aliphatic hydroxyl groups is 1. The van der Waals surface area contributed by atoms with Gasteiger partial charge >= 0.3 is 6.09 Å². The van der Waals surface area contributed by atoms with Crippen molar-refractivity contribution in [1.29, 1.82) is 0 Å². The Morgan fingerprint density at radius 3 is 2.49 bits per heavy atom. The molecule has 0 saturated carbocycles. The molecule has 3 N–H and O–H groups in total. The Balaban J connectivity index is 1.13. The molecule has 3 amide bonds. The average Bonchev–Trinajstić information content (AvgIpc) is 3.44. The van der Waals surface area contributed by atoms with Crippen LogP contribution in [-0.4, -0.2) is 127 Å². The Bertz CT molecular complexity index is 1820. The number of hydrogen-bond acceptors (Lipinski definition) is 11. The van der Waals surface area contributed by atoms with Crippen LogP contribution in [0.5, 0.6) is 5.75 Å². The number of hydrogen-bond donors (Lipinski definition) is 3. The number of piperazine rings is 1. The van der Waals surface area contributed by atoms with Crippen LogP contribution in [0, 0.1) is 5.92 Å². The summed E-state index contributed by atoms with van der Waals surface area (Å²) in [5.74, 6) is -0.345. The number of aromatic nitrogens is 1. The quantitative estimate of drug-likeness (QED) is 0.247. The third kappa shape index (κ3) is 10.9. The van der Waals surface area contributed by atoms with Gasteiger partial charge in [0.25, 0.3) is 15.9 Å². The van der Waals surface area contributed by atoms with Crippen LogP contribution in [-0.2, 0) is 19.6 Å². The molecule has 2 aromatic heterocycles. The van der Waals surface area contributed by atoms with Crippen molar-refractivity contribution in [2.75, 3.05) is 52.4 Å². The van der Waals surface area contributed by atoms with Crippen molar-refractivity contribution in [3.05, 3.63) is 54.4 Å². The van der Waals surface area contributed by atoms with E-state index in [0.717, 1.165) is 0 Å². The Morgan fingerprint density at radius 2 is 1.81 bits per heavy atom. The number of aliphatic hydroxyl groups excluding tert-OH is 1. The van der Waals surface area contributed by atoms with Gasteiger partial charge in [-0.15, -0.1) is 0 Å². The van der Waals surface area contributed by atoms with E-state index in [1.165, 1.54) is 16.6 Å². The fourth-order valence-corrected chi connectivity index (χ4v) is 7.77. The molecule has 3 atom stereocenters. The minimum absolute atomic E-state index is 0.0337. The molecule has 4 heterocycles. The van der Waals surface area contributed by atoms with E-state index in [9.17, 15) is 27.9 Å². The molecule has 0 aliphatic carbocycles. The van der Waals surface area contributed by atoms with Crippen LogP contribution in [0.4, 0.5) is 4.79 Å². The van der Waals surface area contributed by atoms with Gasteiger partial charge in [-0.2, -0.15) is 4.31 Å². The highest BCUT2D eigenvalue weighted by Crippen LogP contribution is 2.25. The van der Waals surface area contributed by atoms with Crippen molar-refractivity contribution in [3.8, 4) is 5.75 Å². The maximum atomic E-state index is 13.5. The zero-order valence-corrected chi connectivity index (χ0v) is 31.9. The van der Waals surface area contributed by atoms with Gasteiger partial charge in [-0.1, -0.05) is 19.9 Å². The predicted octanol–water partition coefficient (Wildman–Crippen LogP) is 3.23. The summed E-state index contributed by atoms with van der Waals surface area (Å²) in [5, 5.41) is 17.2. The Morgan fingerprint density at radius 1 is 1.06 bits per heavy atom. The van der Waals surface area contributed by atoms with E-state index in [-0.39, 0.29) is 35.9 Å². The highest BCUT2D eigenvalue weighted by atomic mass is 32.2. The molecule has 2 aliphatic rings. The molecule has 1 aromatic carbocycles. The van der Waals surface area contributed by atoms with Gasteiger partial charge < -0.3 is 34.5 Å². The van der Waals surface area contributed by atoms with Crippen LogP contribution < -0.4 is 15.4 Å². The number of nitrogens with zero attached hydrogens (tertiary/aromatic N) is 4. The van der Waals surface area contributed by atoms with Crippen molar-refractivity contribution < 1.29 is 41.8 Å². The number of sulfonamides is 1. The molecule has 2 aliphatic heterocycles. The van der Waals surface area contributed by atoms with Crippen LogP contribution in [0.2, 0.25) is 0 Å². The van der Waals surface area contributed by atoms with Gasteiger partial charge in [-0.05, 0) is 82.3 Å². The Kier molecular flexibility index (Phi) is 13.0. The monoisotopic (exact) mass is 756 g/mol. The second-order valence-corrected chi connectivity index (χ2v) is 16.9. The van der Waals surface area contributed by atoms with Crippen molar-refractivity contribution in [3.63, 3.8) is 0 Å². The van der Waals surface area contributed by atoms with Gasteiger partial charge in [0.05, 0.1) is 12.1 Å². The van der Waals surface area contributed by atoms with E-state index >= 15 is 0 Å². The predicted molar refractivity (Wildman–Crippen MR) is 197 cm³/mol. The minimum atomic E-state index is -3.92. The summed E-state index contributed by atoms with van der Waals surface area (Å²) in [5.41, 5.74) is -0.0460. The molecule has 0 radical (unpaired) electrons. The van der Waals surface area contributed by atoms with E-state index in [1.807, 2.05) is 34.6 Å². The number of β-amino-alcohol motifs (C(OH)–C–C–N with tert-alkyl or cyclic N) is 1. The lowest BCUT2D eigenvalue weighted by molar-refractivity contribution is -0.125. The molecule has 0 spiro atoms. The molecule has 53 heavy (non-hydrogen) atoms. The first kappa shape index (κ1) is 39.9. The Labute approximate surface area is 311 Å². The lowest BCUT2D eigenvalue weighted by atomic mass is 10.0. The summed E-state index contributed by atoms with van der Waals surface area (Å²) in [6.45, 7) is 13.1. The Hall–Kier alpha value is -4.25. The zero-order valence-electron chi connectivity index (χ0n) is 31.1. The van der Waals surface area contributed by atoms with Gasteiger partial charge in [-0.3, -0.25) is 14.5 Å². The van der Waals surface area contributed by atoms with Crippen molar-refractivity contribution in [2.45, 2.75) is 82.7 Å². The molecule has 3 aromatic rings. The fourth-order valence-electron chi connectivity index (χ4n) is 6.34. The van der Waals surface area contributed by atoms with Gasteiger partial charge in [0.15, 0.2) is 10.8 Å². The lowest BCUT2D eigenvalue weighted by Gasteiger charge is -2.35. The highest BCUT2D eigenvalue weighted by molar-refractivity contribution is 7.89. The molecular formula is C37H52N6O9S. The summed E-state index contributed by atoms with van der Waals surface area (Å²) in [4.78, 5) is 47.2. The molecule has 290 valence electrons. The number of pyridine rings is 1. The van der Waals surface area contributed by atoms with E-state index in [0.29, 0.717) is 75.3 Å². The normalized spacial score (nSPS) is 19.8. The third-order valence-corrected chi connectivity index (χ3v) is 10.9. The molecule has 0 bridgehead atoms. The molecule has 16 heteroatoms. The highest BCUT2D eigenvalue weighted by Gasteiger charge is 2.35. The smallest absolute Gasteiger partial charge is 0.410 e. The van der Waals surface area contributed by atoms with Gasteiger partial charge in [-0.25, -0.2) is 18.2 Å². The maximum absolute atomic E-state index is 13.5.